The van der Waals surface area contributed by atoms with Gasteiger partial charge in [0.25, 0.3) is 0 Å². The molecule has 1 heterocycles. The Kier molecular flexibility index (Phi) is 11.3. The van der Waals surface area contributed by atoms with Crippen molar-refractivity contribution in [2.75, 3.05) is 13.1 Å². The van der Waals surface area contributed by atoms with Crippen LogP contribution in [-0.2, 0) is 34.4 Å². The van der Waals surface area contributed by atoms with Crippen LogP contribution < -0.4 is 10.6 Å². The summed E-state index contributed by atoms with van der Waals surface area (Å²) in [6.07, 6.45) is 3.99. The van der Waals surface area contributed by atoms with E-state index < -0.39 is 17.0 Å². The number of hydrogen-bond donors (Lipinski definition) is 1. The van der Waals surface area contributed by atoms with Gasteiger partial charge in [0, 0.05) is 17.4 Å². The van der Waals surface area contributed by atoms with E-state index in [1.807, 2.05) is 0 Å². The number of piperidine rings is 1. The molecule has 0 saturated carbocycles. The van der Waals surface area contributed by atoms with Crippen LogP contribution in [0.1, 0.15) is 83.1 Å². The number of halogens is 2. The average molecular weight is 544 g/mol. The first-order valence-electron chi connectivity index (χ1n) is 11.8. The fourth-order valence-electron chi connectivity index (χ4n) is 4.21. The summed E-state index contributed by atoms with van der Waals surface area (Å²) in [5, 5.41) is 13.7. The van der Waals surface area contributed by atoms with E-state index in [4.69, 9.17) is 18.6 Å². The summed E-state index contributed by atoms with van der Waals surface area (Å²) < 4.78 is 0. The van der Waals surface area contributed by atoms with E-state index in [1.54, 1.807) is 0 Å². The van der Waals surface area contributed by atoms with Crippen LogP contribution in [0.4, 0.5) is 0 Å². The molecular weight excluding hydrogens is 504 g/mol. The Morgan fingerprint density at radius 1 is 0.909 bits per heavy atom. The molecule has 2 aromatic rings. The van der Waals surface area contributed by atoms with Crippen LogP contribution in [0.15, 0.2) is 30.3 Å². The van der Waals surface area contributed by atoms with Crippen LogP contribution in [-0.4, -0.2) is 23.1 Å². The quantitative estimate of drug-likeness (QED) is 0.323. The van der Waals surface area contributed by atoms with Crippen molar-refractivity contribution in [1.29, 1.82) is 0 Å². The number of aryl methyl sites for hydroxylation is 1. The molecule has 33 heavy (non-hydrogen) atoms. The van der Waals surface area contributed by atoms with Gasteiger partial charge < -0.3 is 5.11 Å². The monoisotopic (exact) mass is 543 g/mol. The van der Waals surface area contributed by atoms with Gasteiger partial charge in [0.1, 0.15) is 5.75 Å². The number of hydrogen-bond acceptors (Lipinski definition) is 2. The summed E-state index contributed by atoms with van der Waals surface area (Å²) in [4.78, 5) is 2.60. The summed E-state index contributed by atoms with van der Waals surface area (Å²) in [6, 6.07) is 11.3. The molecule has 2 nitrogen and oxygen atoms in total. The van der Waals surface area contributed by atoms with E-state index in [2.05, 4.69) is 83.7 Å². The molecule has 6 heteroatoms. The molecule has 3 rings (SSSR count). The predicted octanol–water partition coefficient (Wildman–Crippen LogP) is 7.29. The van der Waals surface area contributed by atoms with Crippen molar-refractivity contribution < 1.29 is 22.1 Å². The van der Waals surface area contributed by atoms with Gasteiger partial charge >= 0.3 is 35.6 Å². The summed E-state index contributed by atoms with van der Waals surface area (Å²) >= 11 is -0.556. The van der Waals surface area contributed by atoms with Crippen LogP contribution in [0.2, 0.25) is 0 Å². The van der Waals surface area contributed by atoms with Crippen molar-refractivity contribution in [2.45, 2.75) is 85.1 Å². The molecule has 1 saturated heterocycles. The Bertz CT molecular complexity index is 916. The zero-order valence-electron chi connectivity index (χ0n) is 21.3. The van der Waals surface area contributed by atoms with E-state index in [-0.39, 0.29) is 10.8 Å². The molecule has 0 aromatic heterocycles. The van der Waals surface area contributed by atoms with Crippen molar-refractivity contribution >= 4 is 37.8 Å². The van der Waals surface area contributed by atoms with Gasteiger partial charge in [0.05, 0.1) is 0 Å². The zero-order chi connectivity index (χ0) is 24.8. The molecule has 0 radical (unpaired) electrons. The van der Waals surface area contributed by atoms with Crippen molar-refractivity contribution in [3.63, 3.8) is 0 Å². The average Bonchev–Trinajstić information content (AvgIpc) is 2.71. The molecule has 1 unspecified atom stereocenters. The van der Waals surface area contributed by atoms with Crippen LogP contribution in [0.5, 0.6) is 5.75 Å². The maximum atomic E-state index is 11.2. The van der Waals surface area contributed by atoms with E-state index >= 15 is 0 Å². The standard InChI is InChI=1S/C27H40NOP.2ClH.Ti/c1-19-11-12-23(20(15-19)18-28-13-9-8-10-14-28)30-24-17-21(26(2,3)4)16-22(25(24)29)27(5,6)7;;;/h11-12,15-17,29-30H,8-10,13-14,18H2,1-7H3;2*1H;/q;;;+2/p-2. The first-order chi connectivity index (χ1) is 15.4. The third-order valence-corrected chi connectivity index (χ3v) is 7.56. The van der Waals surface area contributed by atoms with Gasteiger partial charge in [-0.1, -0.05) is 86.4 Å². The van der Waals surface area contributed by atoms with Gasteiger partial charge in [0.2, 0.25) is 0 Å². The molecule has 1 N–H and O–H groups in total. The first-order valence-corrected chi connectivity index (χ1v) is 17.1. The summed E-state index contributed by atoms with van der Waals surface area (Å²) in [5.41, 5.74) is 5.07. The third-order valence-electron chi connectivity index (χ3n) is 6.16. The van der Waals surface area contributed by atoms with Gasteiger partial charge in [0.15, 0.2) is 0 Å². The van der Waals surface area contributed by atoms with Gasteiger partial charge in [-0.2, -0.15) is 0 Å². The summed E-state index contributed by atoms with van der Waals surface area (Å²) in [6.45, 7) is 19.0. The summed E-state index contributed by atoms with van der Waals surface area (Å²) in [5.74, 6) is 0.485. The van der Waals surface area contributed by atoms with Crippen LogP contribution >= 0.6 is 27.2 Å². The van der Waals surface area contributed by atoms with Crippen molar-refractivity contribution in [1.82, 2.24) is 4.90 Å². The second-order valence-electron chi connectivity index (χ2n) is 11.1. The predicted molar refractivity (Wildman–Crippen MR) is 145 cm³/mol. The van der Waals surface area contributed by atoms with Crippen LogP contribution in [0.25, 0.3) is 0 Å². The van der Waals surface area contributed by atoms with E-state index in [0.29, 0.717) is 14.3 Å². The minimum atomic E-state index is -0.556. The maximum absolute atomic E-state index is 11.2. The molecule has 0 spiro atoms. The van der Waals surface area contributed by atoms with Gasteiger partial charge in [-0.3, -0.25) is 4.90 Å². The Labute approximate surface area is 220 Å². The number of benzene rings is 2. The second-order valence-corrected chi connectivity index (χ2v) is 15.0. The Balaban J connectivity index is 0.00000122. The Morgan fingerprint density at radius 3 is 2.06 bits per heavy atom. The molecule has 1 fully saturated rings. The molecular formula is C27H40Cl2NOPTi. The van der Waals surface area contributed by atoms with E-state index in [0.717, 1.165) is 17.4 Å². The fourth-order valence-corrected chi connectivity index (χ4v) is 5.46. The zero-order valence-corrected chi connectivity index (χ0v) is 25.4. The van der Waals surface area contributed by atoms with E-state index in [9.17, 15) is 5.11 Å². The molecule has 0 amide bonds. The van der Waals surface area contributed by atoms with Crippen LogP contribution in [0.3, 0.4) is 0 Å². The number of phenols is 1. The molecule has 1 atom stereocenters. The Hall–Kier alpha value is -0.0757. The fraction of sp³-hybridized carbons (Fsp3) is 0.556. The number of rotatable bonds is 4. The molecule has 2 aromatic carbocycles. The van der Waals surface area contributed by atoms with Crippen LogP contribution in [0, 0.1) is 6.92 Å². The molecule has 0 bridgehead atoms. The number of aromatic hydroxyl groups is 1. The molecule has 1 aliphatic rings. The molecule has 1 aliphatic heterocycles. The summed E-state index contributed by atoms with van der Waals surface area (Å²) in [7, 11) is 10.2. The van der Waals surface area contributed by atoms with Gasteiger partial charge in [-0.25, -0.2) is 0 Å². The third kappa shape index (κ3) is 8.82. The topological polar surface area (TPSA) is 23.5 Å². The normalized spacial score (nSPS) is 15.4. The SMILES string of the molecule is Cc1ccc(Pc2cc(C(C)(C)C)cc(C(C)(C)C)c2O)c(CN2CCCCC2)c1.[Cl][Ti][Cl]. The minimum absolute atomic E-state index is 0.0524. The van der Waals surface area contributed by atoms with E-state index in [1.165, 1.54) is 54.3 Å². The van der Waals surface area contributed by atoms with Crippen molar-refractivity contribution in [2.24, 2.45) is 0 Å². The number of nitrogens with zero attached hydrogens (tertiary/aromatic N) is 1. The number of phenolic OH excluding ortho intramolecular Hbond substituents is 1. The first kappa shape index (κ1) is 29.2. The van der Waals surface area contributed by atoms with Crippen molar-refractivity contribution in [3.8, 4) is 5.75 Å². The molecule has 0 aliphatic carbocycles. The number of likely N-dealkylation sites (tertiary alicyclic amines) is 1. The van der Waals surface area contributed by atoms with Crippen molar-refractivity contribution in [3.05, 3.63) is 52.6 Å². The molecule has 182 valence electrons. The van der Waals surface area contributed by atoms with Gasteiger partial charge in [-0.05, 0) is 66.2 Å². The Morgan fingerprint density at radius 2 is 1.52 bits per heavy atom. The van der Waals surface area contributed by atoms with Gasteiger partial charge in [-0.15, -0.1) is 0 Å². The second kappa shape index (κ2) is 12.8.